The fraction of sp³-hybridized carbons (Fsp3) is 0.0625. The van der Waals surface area contributed by atoms with Gasteiger partial charge in [-0.3, -0.25) is 4.79 Å². The number of hydrogen-bond acceptors (Lipinski definition) is 4. The topological polar surface area (TPSA) is 83.5 Å². The van der Waals surface area contributed by atoms with Gasteiger partial charge in [0.05, 0.1) is 4.90 Å². The highest BCUT2D eigenvalue weighted by Gasteiger charge is 2.11. The predicted molar refractivity (Wildman–Crippen MR) is 84.2 cm³/mol. The number of hydrogen-bond donors (Lipinski definition) is 2. The number of benzene rings is 2. The van der Waals surface area contributed by atoms with E-state index in [1.54, 1.807) is 24.3 Å². The van der Waals surface area contributed by atoms with E-state index in [1.165, 1.54) is 43.5 Å². The summed E-state index contributed by atoms with van der Waals surface area (Å²) in [5, 5.41) is 9.34. The lowest BCUT2D eigenvalue weighted by atomic mass is 10.1. The van der Waals surface area contributed by atoms with E-state index >= 15 is 0 Å². The third kappa shape index (κ3) is 3.81. The highest BCUT2D eigenvalue weighted by molar-refractivity contribution is 7.89. The highest BCUT2D eigenvalue weighted by atomic mass is 32.2. The molecule has 0 bridgehead atoms. The van der Waals surface area contributed by atoms with Gasteiger partial charge in [-0.1, -0.05) is 18.2 Å². The van der Waals surface area contributed by atoms with Gasteiger partial charge in [0.15, 0.2) is 5.78 Å². The Bertz CT molecular complexity index is 808. The van der Waals surface area contributed by atoms with Crippen molar-refractivity contribution in [1.29, 1.82) is 0 Å². The average Bonchev–Trinajstić information content (AvgIpc) is 2.53. The average molecular weight is 317 g/mol. The lowest BCUT2D eigenvalue weighted by Crippen LogP contribution is -2.18. The third-order valence-corrected chi connectivity index (χ3v) is 4.45. The number of phenols is 1. The second kappa shape index (κ2) is 6.55. The zero-order chi connectivity index (χ0) is 16.2. The van der Waals surface area contributed by atoms with Crippen molar-refractivity contribution >= 4 is 21.9 Å². The first-order chi connectivity index (χ1) is 10.4. The molecule has 6 heteroatoms. The van der Waals surface area contributed by atoms with E-state index in [0.717, 1.165) is 0 Å². The van der Waals surface area contributed by atoms with Crippen LogP contribution >= 0.6 is 0 Å². The Morgan fingerprint density at radius 2 is 1.82 bits per heavy atom. The normalized spacial score (nSPS) is 11.7. The van der Waals surface area contributed by atoms with Gasteiger partial charge in [0.2, 0.25) is 10.0 Å². The van der Waals surface area contributed by atoms with Crippen LogP contribution in [0.3, 0.4) is 0 Å². The Balaban J connectivity index is 2.17. The largest absolute Gasteiger partial charge is 0.508 e. The molecule has 2 aromatic rings. The summed E-state index contributed by atoms with van der Waals surface area (Å²) >= 11 is 0. The molecule has 0 aliphatic heterocycles. The minimum absolute atomic E-state index is 0.100. The molecule has 2 rings (SSSR count). The van der Waals surface area contributed by atoms with Crippen molar-refractivity contribution in [3.05, 3.63) is 65.7 Å². The number of sulfonamides is 1. The van der Waals surface area contributed by atoms with Crippen LogP contribution in [0.15, 0.2) is 59.5 Å². The molecule has 0 unspecified atom stereocenters. The molecule has 2 N–H and O–H groups in total. The lowest BCUT2D eigenvalue weighted by Gasteiger charge is -2.02. The van der Waals surface area contributed by atoms with Crippen LogP contribution < -0.4 is 4.72 Å². The van der Waals surface area contributed by atoms with Gasteiger partial charge >= 0.3 is 0 Å². The van der Waals surface area contributed by atoms with Crippen molar-refractivity contribution in [2.75, 3.05) is 7.05 Å². The summed E-state index contributed by atoms with van der Waals surface area (Å²) in [6.45, 7) is 0. The summed E-state index contributed by atoms with van der Waals surface area (Å²) in [4.78, 5) is 12.1. The zero-order valence-electron chi connectivity index (χ0n) is 11.9. The van der Waals surface area contributed by atoms with Crippen LogP contribution in [0.4, 0.5) is 0 Å². The van der Waals surface area contributed by atoms with E-state index in [2.05, 4.69) is 4.72 Å². The molecule has 0 spiro atoms. The monoisotopic (exact) mass is 317 g/mol. The maximum atomic E-state index is 12.0. The molecule has 0 aromatic heterocycles. The van der Waals surface area contributed by atoms with Gasteiger partial charge in [-0.15, -0.1) is 0 Å². The van der Waals surface area contributed by atoms with E-state index in [0.29, 0.717) is 11.1 Å². The van der Waals surface area contributed by atoms with Gasteiger partial charge in [-0.25, -0.2) is 13.1 Å². The first-order valence-electron chi connectivity index (χ1n) is 6.47. The molecule has 0 amide bonds. The Morgan fingerprint density at radius 1 is 1.14 bits per heavy atom. The van der Waals surface area contributed by atoms with Crippen molar-refractivity contribution in [2.24, 2.45) is 0 Å². The van der Waals surface area contributed by atoms with E-state index < -0.39 is 10.0 Å². The summed E-state index contributed by atoms with van der Waals surface area (Å²) in [6.07, 6.45) is 2.96. The summed E-state index contributed by atoms with van der Waals surface area (Å²) in [5.41, 5.74) is 1.08. The van der Waals surface area contributed by atoms with Crippen LogP contribution in [-0.2, 0) is 10.0 Å². The van der Waals surface area contributed by atoms with Crippen LogP contribution in [-0.4, -0.2) is 26.4 Å². The highest BCUT2D eigenvalue weighted by Crippen LogP contribution is 2.14. The fourth-order valence-corrected chi connectivity index (χ4v) is 2.54. The molecule has 0 atom stereocenters. The minimum atomic E-state index is -3.51. The molecule has 22 heavy (non-hydrogen) atoms. The second-order valence-electron chi connectivity index (χ2n) is 4.52. The van der Waals surface area contributed by atoms with Crippen molar-refractivity contribution in [3.63, 3.8) is 0 Å². The molecule has 0 heterocycles. The van der Waals surface area contributed by atoms with Crippen LogP contribution in [0.2, 0.25) is 0 Å². The van der Waals surface area contributed by atoms with E-state index in [9.17, 15) is 18.3 Å². The number of carbonyl (C=O) groups excluding carboxylic acids is 1. The third-order valence-electron chi connectivity index (χ3n) is 3.02. The van der Waals surface area contributed by atoms with Crippen LogP contribution in [0, 0.1) is 0 Å². The molecule has 0 saturated heterocycles. The molecule has 5 nitrogen and oxygen atoms in total. The summed E-state index contributed by atoms with van der Waals surface area (Å²) in [5.74, 6) is -0.132. The van der Waals surface area contributed by atoms with Gasteiger partial charge in [-0.05, 0) is 55.1 Å². The molecule has 0 radical (unpaired) electrons. The maximum Gasteiger partial charge on any atom is 0.240 e. The lowest BCUT2D eigenvalue weighted by molar-refractivity contribution is 0.104. The van der Waals surface area contributed by atoms with Gasteiger partial charge in [0.1, 0.15) is 5.75 Å². The molecule has 0 saturated carbocycles. The quantitative estimate of drug-likeness (QED) is 0.654. The number of rotatable bonds is 5. The number of carbonyl (C=O) groups is 1. The van der Waals surface area contributed by atoms with Gasteiger partial charge in [-0.2, -0.15) is 0 Å². The van der Waals surface area contributed by atoms with Crippen molar-refractivity contribution in [1.82, 2.24) is 4.72 Å². The Labute approximate surface area is 129 Å². The summed E-state index contributed by atoms with van der Waals surface area (Å²) in [7, 11) is -2.18. The summed E-state index contributed by atoms with van der Waals surface area (Å²) < 4.78 is 25.4. The number of ketones is 1. The molecule has 2 aromatic carbocycles. The molecule has 0 fully saturated rings. The van der Waals surface area contributed by atoms with Crippen LogP contribution in [0.1, 0.15) is 15.9 Å². The molecule has 0 aliphatic rings. The fourth-order valence-electron chi connectivity index (χ4n) is 1.81. The molecule has 0 aliphatic carbocycles. The number of allylic oxidation sites excluding steroid dienone is 1. The maximum absolute atomic E-state index is 12.0. The van der Waals surface area contributed by atoms with Crippen LogP contribution in [0.25, 0.3) is 6.08 Å². The number of aromatic hydroxyl groups is 1. The smallest absolute Gasteiger partial charge is 0.240 e. The SMILES string of the molecule is CNS(=O)(=O)c1ccc(C(=O)/C=C/c2cccc(O)c2)cc1. The standard InChI is InChI=1S/C16H15NO4S/c1-17-22(20,21)15-8-6-13(7-9-15)16(19)10-5-12-3-2-4-14(18)11-12/h2-11,17-18H,1H3/b10-5+. The van der Waals surface area contributed by atoms with Crippen LogP contribution in [0.5, 0.6) is 5.75 Å². The van der Waals surface area contributed by atoms with Crippen molar-refractivity contribution in [2.45, 2.75) is 4.90 Å². The Morgan fingerprint density at radius 3 is 2.41 bits per heavy atom. The van der Waals surface area contributed by atoms with Crippen molar-refractivity contribution < 1.29 is 18.3 Å². The van der Waals surface area contributed by atoms with Crippen molar-refractivity contribution in [3.8, 4) is 5.75 Å². The second-order valence-corrected chi connectivity index (χ2v) is 6.41. The number of nitrogens with one attached hydrogen (secondary N) is 1. The molecular weight excluding hydrogens is 302 g/mol. The molecule has 114 valence electrons. The van der Waals surface area contributed by atoms with Gasteiger partial charge in [0, 0.05) is 5.56 Å². The first-order valence-corrected chi connectivity index (χ1v) is 7.96. The van der Waals surface area contributed by atoms with E-state index in [1.807, 2.05) is 0 Å². The zero-order valence-corrected chi connectivity index (χ0v) is 12.7. The first kappa shape index (κ1) is 15.9. The van der Waals surface area contributed by atoms with E-state index in [-0.39, 0.29) is 16.4 Å². The van der Waals surface area contributed by atoms with E-state index in [4.69, 9.17) is 0 Å². The molecular formula is C16H15NO4S. The minimum Gasteiger partial charge on any atom is -0.508 e. The summed E-state index contributed by atoms with van der Waals surface area (Å²) in [6, 6.07) is 12.2. The number of phenolic OH excluding ortho intramolecular Hbond substituents is 1. The Hall–Kier alpha value is -2.44. The van der Waals surface area contributed by atoms with Gasteiger partial charge in [0.25, 0.3) is 0 Å². The van der Waals surface area contributed by atoms with Gasteiger partial charge < -0.3 is 5.11 Å². The Kier molecular flexibility index (Phi) is 4.75. The predicted octanol–water partition coefficient (Wildman–Crippen LogP) is 2.20.